The Morgan fingerprint density at radius 2 is 1.97 bits per heavy atom. The van der Waals surface area contributed by atoms with Crippen molar-refractivity contribution in [3.05, 3.63) is 85.9 Å². The first-order valence-corrected chi connectivity index (χ1v) is 11.7. The number of carbonyl (C=O) groups excluding carboxylic acids is 1. The summed E-state index contributed by atoms with van der Waals surface area (Å²) in [4.78, 5) is 27.5. The minimum atomic E-state index is -0.383. The standard InChI is InChI=1S/C24H23ClN4O4S/c1-32-13-12-28-11-5-7-17(23(28)30)19-14-22(26-15-16-9-10-21(25)34-16)29(27-19)24(31)18-6-3-4-8-20(18)33-2/h3-11,14,26H,12-13,15H2,1-2H3. The Bertz CT molecular complexity index is 1360. The summed E-state index contributed by atoms with van der Waals surface area (Å²) in [5, 5.41) is 7.77. The van der Waals surface area contributed by atoms with Gasteiger partial charge in [0.2, 0.25) is 0 Å². The van der Waals surface area contributed by atoms with Gasteiger partial charge in [-0.1, -0.05) is 23.7 Å². The first kappa shape index (κ1) is 23.7. The minimum absolute atomic E-state index is 0.217. The SMILES string of the molecule is COCCn1cccc(-c2cc(NCc3ccc(Cl)s3)n(C(=O)c3ccccc3OC)n2)c1=O. The molecule has 0 aliphatic rings. The lowest BCUT2D eigenvalue weighted by Crippen LogP contribution is -2.23. The fourth-order valence-electron chi connectivity index (χ4n) is 3.45. The van der Waals surface area contributed by atoms with Gasteiger partial charge in [0, 0.05) is 30.8 Å². The number of thiophene rings is 1. The van der Waals surface area contributed by atoms with Crippen LogP contribution in [-0.4, -0.2) is 41.1 Å². The predicted molar refractivity (Wildman–Crippen MR) is 133 cm³/mol. The molecule has 3 heterocycles. The van der Waals surface area contributed by atoms with Crippen LogP contribution in [0.1, 0.15) is 15.2 Å². The normalized spacial score (nSPS) is 10.9. The van der Waals surface area contributed by atoms with E-state index in [1.54, 1.807) is 60.3 Å². The molecule has 0 atom stereocenters. The largest absolute Gasteiger partial charge is 0.496 e. The highest BCUT2D eigenvalue weighted by Gasteiger charge is 2.21. The van der Waals surface area contributed by atoms with Gasteiger partial charge in [-0.15, -0.1) is 11.3 Å². The fraction of sp³-hybridized carbons (Fsp3) is 0.208. The van der Waals surface area contributed by atoms with Crippen molar-refractivity contribution in [3.63, 3.8) is 0 Å². The zero-order valence-corrected chi connectivity index (χ0v) is 20.2. The summed E-state index contributed by atoms with van der Waals surface area (Å²) in [6, 6.07) is 15.8. The average molecular weight is 499 g/mol. The molecule has 0 amide bonds. The van der Waals surface area contributed by atoms with Gasteiger partial charge >= 0.3 is 0 Å². The second-order valence-corrected chi connectivity index (χ2v) is 9.10. The molecule has 0 saturated heterocycles. The number of nitrogens with zero attached hydrogens (tertiary/aromatic N) is 3. The summed E-state index contributed by atoms with van der Waals surface area (Å²) in [6.45, 7) is 1.25. The fourth-order valence-corrected chi connectivity index (χ4v) is 4.48. The van der Waals surface area contributed by atoms with Crippen molar-refractivity contribution in [2.24, 2.45) is 0 Å². The van der Waals surface area contributed by atoms with Crippen molar-refractivity contribution in [3.8, 4) is 17.0 Å². The van der Waals surface area contributed by atoms with Gasteiger partial charge in [0.1, 0.15) is 17.3 Å². The van der Waals surface area contributed by atoms with E-state index in [4.69, 9.17) is 21.1 Å². The van der Waals surface area contributed by atoms with E-state index in [1.807, 2.05) is 12.1 Å². The second kappa shape index (κ2) is 10.7. The van der Waals surface area contributed by atoms with Crippen molar-refractivity contribution in [1.82, 2.24) is 14.3 Å². The highest BCUT2D eigenvalue weighted by molar-refractivity contribution is 7.16. The molecule has 0 radical (unpaired) electrons. The molecular formula is C24H23ClN4O4S. The van der Waals surface area contributed by atoms with Crippen LogP contribution in [0.3, 0.4) is 0 Å². The molecule has 0 aliphatic heterocycles. The number of pyridine rings is 1. The average Bonchev–Trinajstić information content (AvgIpc) is 3.47. The number of methoxy groups -OCH3 is 2. The number of rotatable bonds is 9. The van der Waals surface area contributed by atoms with Crippen LogP contribution in [0.5, 0.6) is 5.75 Å². The Labute approximate surface area is 205 Å². The highest BCUT2D eigenvalue weighted by Crippen LogP contribution is 2.26. The molecule has 34 heavy (non-hydrogen) atoms. The number of carbonyl (C=O) groups is 1. The molecule has 10 heteroatoms. The van der Waals surface area contributed by atoms with Gasteiger partial charge in [-0.3, -0.25) is 9.59 Å². The molecule has 0 aliphatic carbocycles. The third-order valence-electron chi connectivity index (χ3n) is 5.14. The van der Waals surface area contributed by atoms with E-state index in [0.717, 1.165) is 4.88 Å². The first-order valence-electron chi connectivity index (χ1n) is 10.5. The van der Waals surface area contributed by atoms with Crippen molar-refractivity contribution < 1.29 is 14.3 Å². The number of aromatic nitrogens is 3. The predicted octanol–water partition coefficient (Wildman–Crippen LogP) is 4.38. The third kappa shape index (κ3) is 5.06. The van der Waals surface area contributed by atoms with E-state index in [1.165, 1.54) is 23.1 Å². The topological polar surface area (TPSA) is 87.4 Å². The molecule has 1 aromatic carbocycles. The molecule has 4 aromatic rings. The number of nitrogens with one attached hydrogen (secondary N) is 1. The molecule has 0 fully saturated rings. The summed E-state index contributed by atoms with van der Waals surface area (Å²) in [6.07, 6.45) is 1.70. The van der Waals surface area contributed by atoms with Crippen LogP contribution in [0.4, 0.5) is 5.82 Å². The van der Waals surface area contributed by atoms with Gasteiger partial charge in [0.05, 0.1) is 35.7 Å². The zero-order chi connectivity index (χ0) is 24.1. The maximum absolute atomic E-state index is 13.5. The van der Waals surface area contributed by atoms with E-state index >= 15 is 0 Å². The molecule has 0 bridgehead atoms. The van der Waals surface area contributed by atoms with Crippen molar-refractivity contribution in [2.45, 2.75) is 13.1 Å². The smallest absolute Gasteiger partial charge is 0.283 e. The Kier molecular flexibility index (Phi) is 7.46. The van der Waals surface area contributed by atoms with Crippen molar-refractivity contribution >= 4 is 34.7 Å². The number of para-hydroxylation sites is 1. The van der Waals surface area contributed by atoms with E-state index in [9.17, 15) is 9.59 Å². The Balaban J connectivity index is 1.75. The molecule has 8 nitrogen and oxygen atoms in total. The van der Waals surface area contributed by atoms with Gasteiger partial charge in [-0.25, -0.2) is 0 Å². The van der Waals surface area contributed by atoms with Gasteiger partial charge in [-0.05, 0) is 36.4 Å². The lowest BCUT2D eigenvalue weighted by Gasteiger charge is -2.10. The lowest BCUT2D eigenvalue weighted by molar-refractivity contribution is 0.0945. The van der Waals surface area contributed by atoms with Crippen LogP contribution in [0.15, 0.2) is 65.6 Å². The molecule has 0 spiro atoms. The number of benzene rings is 1. The number of halogens is 1. The quantitative estimate of drug-likeness (QED) is 0.368. The van der Waals surface area contributed by atoms with E-state index in [2.05, 4.69) is 10.4 Å². The van der Waals surface area contributed by atoms with Crippen molar-refractivity contribution in [1.29, 1.82) is 0 Å². The highest BCUT2D eigenvalue weighted by atomic mass is 35.5. The van der Waals surface area contributed by atoms with Crippen LogP contribution >= 0.6 is 22.9 Å². The molecule has 176 valence electrons. The van der Waals surface area contributed by atoms with E-state index in [0.29, 0.717) is 52.4 Å². The lowest BCUT2D eigenvalue weighted by atomic mass is 10.2. The van der Waals surface area contributed by atoms with Crippen molar-refractivity contribution in [2.75, 3.05) is 26.1 Å². The van der Waals surface area contributed by atoms with Gasteiger partial charge in [0.25, 0.3) is 11.5 Å². The van der Waals surface area contributed by atoms with E-state index < -0.39 is 0 Å². The maximum Gasteiger partial charge on any atom is 0.283 e. The Hall–Kier alpha value is -3.40. The second-order valence-electron chi connectivity index (χ2n) is 7.30. The summed E-state index contributed by atoms with van der Waals surface area (Å²) in [5.41, 5.74) is 0.900. The van der Waals surface area contributed by atoms with Gasteiger partial charge in [-0.2, -0.15) is 9.78 Å². The zero-order valence-electron chi connectivity index (χ0n) is 18.7. The summed E-state index contributed by atoms with van der Waals surface area (Å²) >= 11 is 7.49. The van der Waals surface area contributed by atoms with E-state index in [-0.39, 0.29) is 11.5 Å². The number of ether oxygens (including phenoxy) is 2. The molecule has 3 aromatic heterocycles. The Morgan fingerprint density at radius 3 is 2.71 bits per heavy atom. The van der Waals surface area contributed by atoms with Crippen LogP contribution in [-0.2, 0) is 17.8 Å². The molecular weight excluding hydrogens is 476 g/mol. The molecule has 1 N–H and O–H groups in total. The number of hydrogen-bond donors (Lipinski definition) is 1. The minimum Gasteiger partial charge on any atom is -0.496 e. The summed E-state index contributed by atoms with van der Waals surface area (Å²) < 4.78 is 13.9. The first-order chi connectivity index (χ1) is 16.5. The van der Waals surface area contributed by atoms with Gasteiger partial charge in [0.15, 0.2) is 0 Å². The Morgan fingerprint density at radius 1 is 1.15 bits per heavy atom. The summed E-state index contributed by atoms with van der Waals surface area (Å²) in [5.74, 6) is 0.496. The van der Waals surface area contributed by atoms with Crippen LogP contribution in [0.25, 0.3) is 11.3 Å². The number of hydrogen-bond acceptors (Lipinski definition) is 7. The van der Waals surface area contributed by atoms with Gasteiger partial charge < -0.3 is 19.4 Å². The maximum atomic E-state index is 13.5. The number of anilines is 1. The van der Waals surface area contributed by atoms with Crippen LogP contribution in [0.2, 0.25) is 4.34 Å². The monoisotopic (exact) mass is 498 g/mol. The summed E-state index contributed by atoms with van der Waals surface area (Å²) in [7, 11) is 3.09. The molecule has 4 rings (SSSR count). The molecule has 0 unspecified atom stereocenters. The van der Waals surface area contributed by atoms with Crippen LogP contribution in [0, 0.1) is 0 Å². The van der Waals surface area contributed by atoms with Crippen LogP contribution < -0.4 is 15.6 Å². The third-order valence-corrected chi connectivity index (χ3v) is 6.38. The molecule has 0 saturated carbocycles.